The van der Waals surface area contributed by atoms with Crippen molar-refractivity contribution in [2.45, 2.75) is 46.0 Å². The molecule has 0 spiro atoms. The maximum atomic E-state index is 16.5. The third-order valence-electron chi connectivity index (χ3n) is 8.10. The molecule has 1 saturated carbocycles. The number of pyridine rings is 1. The number of nitrogens with one attached hydrogen (secondary N) is 3. The van der Waals surface area contributed by atoms with Crippen LogP contribution in [0.15, 0.2) is 103 Å². The smallest absolute Gasteiger partial charge is 0.142 e. The van der Waals surface area contributed by atoms with Crippen LogP contribution in [0.4, 0.5) is 8.78 Å². The van der Waals surface area contributed by atoms with Gasteiger partial charge >= 0.3 is 0 Å². The topological polar surface area (TPSA) is 69.4 Å². The van der Waals surface area contributed by atoms with Crippen LogP contribution in [0.2, 0.25) is 0 Å². The second kappa shape index (κ2) is 13.0. The Bertz CT molecular complexity index is 1880. The van der Waals surface area contributed by atoms with Crippen LogP contribution in [0.25, 0.3) is 45.3 Å². The minimum Gasteiger partial charge on any atom is -0.359 e. The van der Waals surface area contributed by atoms with Gasteiger partial charge in [-0.3, -0.25) is 10.1 Å². The standard InChI is InChI=1S/C36H37F2N5/c1-6-24(18-28(7-2)40-23(5)25-13-10-9-11-14-25)22(4)35(38)34-31(8-3)42-43-36(34)32-19-29-30(20-39-21-33(29)41-32)26-15-12-16-27(37)17-26/h6-8,12,15-21,25,40-42H,2,4-5,9-11,13-14H2,1,3H3/b24-6+,28-18+,31-8+,35-34-. The molecule has 0 bridgehead atoms. The van der Waals surface area contributed by atoms with E-state index >= 15 is 4.39 Å². The third-order valence-corrected chi connectivity index (χ3v) is 8.10. The molecule has 0 amide bonds. The highest BCUT2D eigenvalue weighted by Gasteiger charge is 2.19. The molecule has 0 atom stereocenters. The molecule has 3 aromatic heterocycles. The molecular weight excluding hydrogens is 540 g/mol. The number of benzene rings is 1. The van der Waals surface area contributed by atoms with Gasteiger partial charge in [0.2, 0.25) is 0 Å². The third kappa shape index (κ3) is 6.21. The molecule has 3 N–H and O–H groups in total. The molecule has 43 heavy (non-hydrogen) atoms. The Hall–Kier alpha value is -4.78. The summed E-state index contributed by atoms with van der Waals surface area (Å²) in [4.78, 5) is 7.66. The van der Waals surface area contributed by atoms with Gasteiger partial charge in [-0.15, -0.1) is 0 Å². The zero-order valence-electron chi connectivity index (χ0n) is 24.7. The van der Waals surface area contributed by atoms with Crippen LogP contribution in [0.3, 0.4) is 0 Å². The Morgan fingerprint density at radius 3 is 2.58 bits per heavy atom. The summed E-state index contributed by atoms with van der Waals surface area (Å²) >= 11 is 0. The zero-order chi connectivity index (χ0) is 30.5. The lowest BCUT2D eigenvalue weighted by atomic mass is 9.87. The highest BCUT2D eigenvalue weighted by molar-refractivity contribution is 5.97. The van der Waals surface area contributed by atoms with Gasteiger partial charge < -0.3 is 10.3 Å². The fourth-order valence-corrected chi connectivity index (χ4v) is 5.72. The van der Waals surface area contributed by atoms with E-state index in [4.69, 9.17) is 0 Å². The molecule has 1 aliphatic carbocycles. The normalized spacial score (nSPS) is 16.0. The molecule has 1 aromatic carbocycles. The van der Waals surface area contributed by atoms with Gasteiger partial charge in [0.25, 0.3) is 0 Å². The second-order valence-corrected chi connectivity index (χ2v) is 10.8. The van der Waals surface area contributed by atoms with Crippen molar-refractivity contribution in [1.82, 2.24) is 25.5 Å². The maximum Gasteiger partial charge on any atom is 0.142 e. The van der Waals surface area contributed by atoms with Gasteiger partial charge in [0, 0.05) is 34.1 Å². The molecule has 0 aliphatic heterocycles. The predicted octanol–water partition coefficient (Wildman–Crippen LogP) is 7.89. The van der Waals surface area contributed by atoms with Gasteiger partial charge in [0.1, 0.15) is 17.3 Å². The summed E-state index contributed by atoms with van der Waals surface area (Å²) in [5, 5.41) is 12.5. The van der Waals surface area contributed by atoms with Gasteiger partial charge in [0.05, 0.1) is 28.0 Å². The van der Waals surface area contributed by atoms with Gasteiger partial charge in [-0.25, -0.2) is 8.78 Å². The van der Waals surface area contributed by atoms with E-state index in [2.05, 4.69) is 45.2 Å². The van der Waals surface area contributed by atoms with Crippen LogP contribution in [-0.4, -0.2) is 20.2 Å². The number of H-pyrrole nitrogens is 2. The number of allylic oxidation sites excluding steroid dienone is 6. The molecule has 0 unspecified atom stereocenters. The minimum atomic E-state index is -0.502. The van der Waals surface area contributed by atoms with Gasteiger partial charge in [-0.2, -0.15) is 5.10 Å². The van der Waals surface area contributed by atoms with E-state index in [1.807, 2.05) is 38.1 Å². The first kappa shape index (κ1) is 29.7. The minimum absolute atomic E-state index is 0.218. The Morgan fingerprint density at radius 2 is 1.88 bits per heavy atom. The van der Waals surface area contributed by atoms with Gasteiger partial charge in [0.15, 0.2) is 0 Å². The lowest BCUT2D eigenvalue weighted by molar-refractivity contribution is 0.393. The molecule has 1 aliphatic rings. The van der Waals surface area contributed by atoms with E-state index in [0.29, 0.717) is 39.0 Å². The molecule has 0 saturated heterocycles. The molecule has 3 heterocycles. The highest BCUT2D eigenvalue weighted by atomic mass is 19.1. The van der Waals surface area contributed by atoms with E-state index in [1.165, 1.54) is 31.4 Å². The van der Waals surface area contributed by atoms with Crippen LogP contribution < -0.4 is 15.9 Å². The number of halogens is 2. The summed E-state index contributed by atoms with van der Waals surface area (Å²) in [6.45, 7) is 16.0. The Morgan fingerprint density at radius 1 is 1.09 bits per heavy atom. The Kier molecular flexibility index (Phi) is 9.00. The van der Waals surface area contributed by atoms with Crippen molar-refractivity contribution in [2.75, 3.05) is 0 Å². The molecule has 7 heteroatoms. The van der Waals surface area contributed by atoms with E-state index < -0.39 is 5.83 Å². The zero-order valence-corrected chi connectivity index (χ0v) is 24.7. The number of fused-ring (bicyclic) bond motifs is 1. The summed E-state index contributed by atoms with van der Waals surface area (Å²) in [6.07, 6.45) is 16.5. The number of rotatable bonds is 9. The number of aromatic amines is 2. The van der Waals surface area contributed by atoms with Crippen LogP contribution in [0.1, 0.15) is 46.0 Å². The highest BCUT2D eigenvalue weighted by Crippen LogP contribution is 2.32. The molecule has 5 rings (SSSR count). The number of aromatic nitrogens is 4. The van der Waals surface area contributed by atoms with Crippen molar-refractivity contribution in [3.05, 3.63) is 120 Å². The van der Waals surface area contributed by atoms with Crippen molar-refractivity contribution in [3.8, 4) is 22.5 Å². The quantitative estimate of drug-likeness (QED) is 0.177. The van der Waals surface area contributed by atoms with Crippen molar-refractivity contribution in [3.63, 3.8) is 0 Å². The summed E-state index contributed by atoms with van der Waals surface area (Å²) in [5.74, 6) is -0.417. The molecular formula is C36H37F2N5. The van der Waals surface area contributed by atoms with E-state index in [9.17, 15) is 4.39 Å². The van der Waals surface area contributed by atoms with Crippen molar-refractivity contribution >= 4 is 22.8 Å². The predicted molar refractivity (Wildman–Crippen MR) is 173 cm³/mol. The average Bonchev–Trinajstić information content (AvgIpc) is 3.67. The summed E-state index contributed by atoms with van der Waals surface area (Å²) < 4.78 is 30.5. The largest absolute Gasteiger partial charge is 0.359 e. The van der Waals surface area contributed by atoms with Crippen LogP contribution in [0, 0.1) is 11.7 Å². The fourth-order valence-electron chi connectivity index (χ4n) is 5.72. The monoisotopic (exact) mass is 577 g/mol. The Balaban J connectivity index is 1.54. The van der Waals surface area contributed by atoms with Crippen LogP contribution in [-0.2, 0) is 0 Å². The average molecular weight is 578 g/mol. The molecule has 220 valence electrons. The number of hydrogen-bond acceptors (Lipinski definition) is 3. The van der Waals surface area contributed by atoms with Gasteiger partial charge in [-0.1, -0.05) is 63.3 Å². The van der Waals surface area contributed by atoms with E-state index in [0.717, 1.165) is 40.7 Å². The summed E-state index contributed by atoms with van der Waals surface area (Å²) in [7, 11) is 0. The van der Waals surface area contributed by atoms with Crippen molar-refractivity contribution in [1.29, 1.82) is 0 Å². The Labute approximate surface area is 250 Å². The fraction of sp³-hybridized carbons (Fsp3) is 0.222. The van der Waals surface area contributed by atoms with Crippen LogP contribution in [0.5, 0.6) is 0 Å². The molecule has 0 radical (unpaired) electrons. The van der Waals surface area contributed by atoms with Crippen molar-refractivity contribution < 1.29 is 8.78 Å². The van der Waals surface area contributed by atoms with Crippen molar-refractivity contribution in [2.24, 2.45) is 5.92 Å². The first-order chi connectivity index (χ1) is 20.8. The maximum absolute atomic E-state index is 16.5. The second-order valence-electron chi connectivity index (χ2n) is 10.8. The number of nitrogens with zero attached hydrogens (tertiary/aromatic N) is 2. The van der Waals surface area contributed by atoms with E-state index in [1.54, 1.807) is 30.6 Å². The number of hydrogen-bond donors (Lipinski definition) is 3. The lowest BCUT2D eigenvalue weighted by Gasteiger charge is -2.25. The SMILES string of the molecule is C=C/C(=C\C(=C/C)C(=C)/C(F)=c1/c(-c2cc3c(-c4cccc(F)c4)cncc3[nH]2)n[nH]/c1=C/C)NC(=C)C1CCCCC1. The van der Waals surface area contributed by atoms with Gasteiger partial charge in [-0.05, 0) is 74.1 Å². The molecule has 5 nitrogen and oxygen atoms in total. The summed E-state index contributed by atoms with van der Waals surface area (Å²) in [5.41, 5.74) is 5.70. The first-order valence-electron chi connectivity index (χ1n) is 14.6. The molecule has 4 aromatic rings. The first-order valence-corrected chi connectivity index (χ1v) is 14.6. The lowest BCUT2D eigenvalue weighted by Crippen LogP contribution is -2.26. The molecule has 1 fully saturated rings. The van der Waals surface area contributed by atoms with E-state index in [-0.39, 0.29) is 11.4 Å². The van der Waals surface area contributed by atoms with Crippen LogP contribution >= 0.6 is 0 Å². The summed E-state index contributed by atoms with van der Waals surface area (Å²) in [6, 6.07) is 8.25.